The Morgan fingerprint density at radius 3 is 2.73 bits per heavy atom. The van der Waals surface area contributed by atoms with Crippen molar-refractivity contribution in [3.05, 3.63) is 41.5 Å². The van der Waals surface area contributed by atoms with E-state index in [1.54, 1.807) is 18.9 Å². The van der Waals surface area contributed by atoms with E-state index in [0.717, 1.165) is 16.8 Å². The average Bonchev–Trinajstić information content (AvgIpc) is 2.45. The average molecular weight is 197 g/mol. The number of fused-ring (bicyclic) bond motifs is 1. The lowest BCUT2D eigenvalue weighted by Crippen LogP contribution is -2.16. The Bertz CT molecular complexity index is 517. The van der Waals surface area contributed by atoms with Crippen LogP contribution in [-0.2, 0) is 0 Å². The van der Waals surface area contributed by atoms with Crippen LogP contribution in [0.5, 0.6) is 0 Å². The summed E-state index contributed by atoms with van der Waals surface area (Å²) in [4.78, 5) is 13.3. The molecule has 2 nitrogen and oxygen atoms in total. The normalized spacial score (nSPS) is 13.6. The van der Waals surface area contributed by atoms with E-state index in [1.165, 1.54) is 0 Å². The van der Waals surface area contributed by atoms with Crippen molar-refractivity contribution >= 4 is 11.6 Å². The molecule has 1 aliphatic rings. The Morgan fingerprint density at radius 1 is 1.33 bits per heavy atom. The Labute approximate surface area is 89.2 Å². The number of carbonyl (C=O) groups is 1. The van der Waals surface area contributed by atoms with Crippen molar-refractivity contribution in [3.8, 4) is 11.8 Å². The van der Waals surface area contributed by atoms with E-state index in [4.69, 9.17) is 0 Å². The van der Waals surface area contributed by atoms with Gasteiger partial charge in [-0.25, -0.2) is 0 Å². The molecule has 0 saturated carbocycles. The number of nitrogens with zero attached hydrogens (tertiary/aromatic N) is 1. The van der Waals surface area contributed by atoms with Gasteiger partial charge in [0.1, 0.15) is 0 Å². The molecular formula is C13H11NO. The van der Waals surface area contributed by atoms with E-state index >= 15 is 0 Å². The third-order valence-corrected chi connectivity index (χ3v) is 2.54. The first-order valence-electron chi connectivity index (χ1n) is 4.69. The second kappa shape index (κ2) is 3.29. The van der Waals surface area contributed by atoms with Crippen molar-refractivity contribution in [1.82, 2.24) is 4.90 Å². The molecule has 2 rings (SSSR count). The van der Waals surface area contributed by atoms with Crippen molar-refractivity contribution in [3.63, 3.8) is 0 Å². The van der Waals surface area contributed by atoms with Gasteiger partial charge in [0.2, 0.25) is 0 Å². The fourth-order valence-corrected chi connectivity index (χ4v) is 1.68. The van der Waals surface area contributed by atoms with Crippen LogP contribution in [-0.4, -0.2) is 17.9 Å². The molecular weight excluding hydrogens is 186 g/mol. The second-order valence-electron chi connectivity index (χ2n) is 3.45. The summed E-state index contributed by atoms with van der Waals surface area (Å²) in [7, 11) is 1.73. The van der Waals surface area contributed by atoms with Gasteiger partial charge in [-0.05, 0) is 25.1 Å². The number of rotatable bonds is 0. The van der Waals surface area contributed by atoms with Crippen molar-refractivity contribution in [2.75, 3.05) is 7.05 Å². The number of carbonyl (C=O) groups excluding carboxylic acids is 1. The highest BCUT2D eigenvalue weighted by molar-refractivity contribution is 6.08. The SMILES string of the molecule is C=C1c2cc(C#CC)ccc2C(=O)N1C. The van der Waals surface area contributed by atoms with Gasteiger partial charge in [0, 0.05) is 29.4 Å². The Kier molecular flexibility index (Phi) is 2.09. The fraction of sp³-hybridized carbons (Fsp3) is 0.154. The van der Waals surface area contributed by atoms with Gasteiger partial charge in [0.15, 0.2) is 0 Å². The third kappa shape index (κ3) is 1.33. The van der Waals surface area contributed by atoms with Crippen LogP contribution >= 0.6 is 0 Å². The smallest absolute Gasteiger partial charge is 0.258 e. The van der Waals surface area contributed by atoms with Crippen LogP contribution in [0.2, 0.25) is 0 Å². The van der Waals surface area contributed by atoms with Gasteiger partial charge in [0.25, 0.3) is 5.91 Å². The molecule has 0 aromatic heterocycles. The molecule has 1 heterocycles. The first kappa shape index (κ1) is 9.54. The molecule has 15 heavy (non-hydrogen) atoms. The summed E-state index contributed by atoms with van der Waals surface area (Å²) in [6, 6.07) is 5.58. The summed E-state index contributed by atoms with van der Waals surface area (Å²) in [6.45, 7) is 5.68. The van der Waals surface area contributed by atoms with E-state index < -0.39 is 0 Å². The predicted molar refractivity (Wildman–Crippen MR) is 60.1 cm³/mol. The van der Waals surface area contributed by atoms with Gasteiger partial charge >= 0.3 is 0 Å². The number of hydrogen-bond acceptors (Lipinski definition) is 1. The molecule has 0 aliphatic carbocycles. The number of amides is 1. The van der Waals surface area contributed by atoms with E-state index in [0.29, 0.717) is 5.56 Å². The molecule has 0 saturated heterocycles. The zero-order valence-corrected chi connectivity index (χ0v) is 8.79. The minimum absolute atomic E-state index is 0.00556. The van der Waals surface area contributed by atoms with Crippen LogP contribution in [0.3, 0.4) is 0 Å². The molecule has 1 aromatic rings. The highest BCUT2D eigenvalue weighted by atomic mass is 16.2. The van der Waals surface area contributed by atoms with Gasteiger partial charge in [0.05, 0.1) is 0 Å². The van der Waals surface area contributed by atoms with Gasteiger partial charge < -0.3 is 4.90 Å². The summed E-state index contributed by atoms with van der Waals surface area (Å²) in [5.74, 6) is 5.81. The summed E-state index contributed by atoms with van der Waals surface area (Å²) >= 11 is 0. The number of benzene rings is 1. The van der Waals surface area contributed by atoms with E-state index in [9.17, 15) is 4.79 Å². The Morgan fingerprint density at radius 2 is 2.07 bits per heavy atom. The first-order valence-corrected chi connectivity index (χ1v) is 4.69. The standard InChI is InChI=1S/C13H11NO/c1-4-5-10-6-7-11-12(8-10)9(2)14(3)13(11)15/h6-8H,2H2,1,3H3. The summed E-state index contributed by atoms with van der Waals surface area (Å²) < 4.78 is 0. The predicted octanol–water partition coefficient (Wildman–Crippen LogP) is 2.11. The third-order valence-electron chi connectivity index (χ3n) is 2.54. The Balaban J connectivity index is 2.60. The monoisotopic (exact) mass is 197 g/mol. The molecule has 0 fully saturated rings. The lowest BCUT2D eigenvalue weighted by Gasteiger charge is -2.08. The highest BCUT2D eigenvalue weighted by Crippen LogP contribution is 2.30. The van der Waals surface area contributed by atoms with Crippen LogP contribution in [0.25, 0.3) is 5.70 Å². The van der Waals surface area contributed by atoms with E-state index in [1.807, 2.05) is 18.2 Å². The molecule has 74 valence electrons. The summed E-state index contributed by atoms with van der Waals surface area (Å²) in [5.41, 5.74) is 3.27. The van der Waals surface area contributed by atoms with Crippen LogP contribution < -0.4 is 0 Å². The topological polar surface area (TPSA) is 20.3 Å². The van der Waals surface area contributed by atoms with Gasteiger partial charge in [-0.1, -0.05) is 12.5 Å². The number of hydrogen-bond donors (Lipinski definition) is 0. The zero-order chi connectivity index (χ0) is 11.0. The molecule has 1 aromatic carbocycles. The minimum Gasteiger partial charge on any atom is -0.311 e. The minimum atomic E-state index is 0.00556. The van der Waals surface area contributed by atoms with Crippen molar-refractivity contribution in [1.29, 1.82) is 0 Å². The molecule has 0 atom stereocenters. The first-order chi connectivity index (χ1) is 7.15. The lowest BCUT2D eigenvalue weighted by molar-refractivity contribution is 0.0875. The van der Waals surface area contributed by atoms with Gasteiger partial charge in [-0.2, -0.15) is 0 Å². The zero-order valence-electron chi connectivity index (χ0n) is 8.79. The molecule has 0 radical (unpaired) electrons. The lowest BCUT2D eigenvalue weighted by atomic mass is 10.1. The van der Waals surface area contributed by atoms with Crippen molar-refractivity contribution < 1.29 is 4.79 Å². The maximum Gasteiger partial charge on any atom is 0.258 e. The van der Waals surface area contributed by atoms with Crippen molar-refractivity contribution in [2.24, 2.45) is 0 Å². The molecule has 2 heteroatoms. The second-order valence-corrected chi connectivity index (χ2v) is 3.45. The largest absolute Gasteiger partial charge is 0.311 e. The van der Waals surface area contributed by atoms with E-state index in [-0.39, 0.29) is 5.91 Å². The van der Waals surface area contributed by atoms with E-state index in [2.05, 4.69) is 18.4 Å². The van der Waals surface area contributed by atoms with Gasteiger partial charge in [-0.3, -0.25) is 4.79 Å². The van der Waals surface area contributed by atoms with Crippen molar-refractivity contribution in [2.45, 2.75) is 6.92 Å². The molecule has 1 aliphatic heterocycles. The quantitative estimate of drug-likeness (QED) is 0.583. The Hall–Kier alpha value is -2.01. The molecule has 0 N–H and O–H groups in total. The van der Waals surface area contributed by atoms with Crippen LogP contribution in [0.15, 0.2) is 24.8 Å². The molecule has 1 amide bonds. The fourth-order valence-electron chi connectivity index (χ4n) is 1.68. The van der Waals surface area contributed by atoms with Gasteiger partial charge in [-0.15, -0.1) is 5.92 Å². The van der Waals surface area contributed by atoms with Crippen LogP contribution in [0, 0.1) is 11.8 Å². The summed E-state index contributed by atoms with van der Waals surface area (Å²) in [6.07, 6.45) is 0. The van der Waals surface area contributed by atoms with Crippen LogP contribution in [0.1, 0.15) is 28.4 Å². The molecule has 0 bridgehead atoms. The molecule has 0 unspecified atom stereocenters. The summed E-state index contributed by atoms with van der Waals surface area (Å²) in [5, 5.41) is 0. The highest BCUT2D eigenvalue weighted by Gasteiger charge is 2.27. The molecule has 0 spiro atoms. The van der Waals surface area contributed by atoms with Crippen LogP contribution in [0.4, 0.5) is 0 Å². The maximum atomic E-state index is 11.7. The maximum absolute atomic E-state index is 11.7.